The van der Waals surface area contributed by atoms with Crippen LogP contribution in [0.1, 0.15) is 168 Å². The van der Waals surface area contributed by atoms with E-state index >= 15 is 0 Å². The number of unbranched alkanes of at least 4 members (excludes halogenated alkanes) is 19. The van der Waals surface area contributed by atoms with Crippen molar-refractivity contribution in [2.45, 2.75) is 168 Å². The van der Waals surface area contributed by atoms with Gasteiger partial charge < -0.3 is 9.84 Å². The van der Waals surface area contributed by atoms with E-state index in [-0.39, 0.29) is 12.4 Å². The predicted octanol–water partition coefficient (Wildman–Crippen LogP) is 10.2. The lowest BCUT2D eigenvalue weighted by Crippen LogP contribution is -2.21. The third-order valence-electron chi connectivity index (χ3n) is 7.02. The summed E-state index contributed by atoms with van der Waals surface area (Å²) in [6.45, 7) is 4.60. The average Bonchev–Trinajstić information content (AvgIpc) is 2.86. The van der Waals surface area contributed by atoms with Crippen LogP contribution in [0, 0.1) is 5.92 Å². The number of esters is 1. The Hall–Kier alpha value is -1.32. The van der Waals surface area contributed by atoms with Crippen LogP contribution in [0.3, 0.4) is 0 Å². The normalized spacial score (nSPS) is 12.3. The maximum Gasteiger partial charge on any atom is 0.309 e. The molecule has 0 bridgehead atoms. The summed E-state index contributed by atoms with van der Waals surface area (Å²) in [5, 5.41) is 9.03. The molecule has 0 aliphatic heterocycles. The maximum atomic E-state index is 12.0. The molecule has 36 heavy (non-hydrogen) atoms. The molecule has 1 N–H and O–H groups in total. The van der Waals surface area contributed by atoms with Gasteiger partial charge in [0.15, 0.2) is 0 Å². The number of ether oxygens (including phenoxy) is 1. The minimum atomic E-state index is -0.917. The number of carboxylic acids is 1. The second-order valence-electron chi connectivity index (χ2n) is 10.7. The Morgan fingerprint density at radius 1 is 0.611 bits per heavy atom. The maximum absolute atomic E-state index is 12.0. The first-order valence-corrected chi connectivity index (χ1v) is 15.6. The molecule has 0 aliphatic rings. The van der Waals surface area contributed by atoms with Gasteiger partial charge in [0, 0.05) is 0 Å². The van der Waals surface area contributed by atoms with Crippen molar-refractivity contribution in [2.75, 3.05) is 6.61 Å². The fourth-order valence-corrected chi connectivity index (χ4v) is 4.71. The lowest BCUT2D eigenvalue weighted by molar-refractivity contribution is -0.153. The van der Waals surface area contributed by atoms with Gasteiger partial charge in [0.25, 0.3) is 0 Å². The Bertz CT molecular complexity index is 514. The highest BCUT2D eigenvalue weighted by Gasteiger charge is 2.22. The molecule has 0 radical (unpaired) electrons. The number of allylic oxidation sites excluding steroid dienone is 2. The molecule has 0 amide bonds. The van der Waals surface area contributed by atoms with E-state index < -0.39 is 11.9 Å². The molecule has 0 saturated carbocycles. The fourth-order valence-electron chi connectivity index (χ4n) is 4.71. The molecule has 0 aliphatic carbocycles. The molecule has 212 valence electrons. The molecule has 0 aromatic carbocycles. The number of hydrogen-bond acceptors (Lipinski definition) is 3. The van der Waals surface area contributed by atoms with Crippen LogP contribution in [-0.4, -0.2) is 23.7 Å². The van der Waals surface area contributed by atoms with E-state index in [9.17, 15) is 9.59 Å². The molecule has 0 fully saturated rings. The Labute approximate surface area is 224 Å². The van der Waals surface area contributed by atoms with Crippen molar-refractivity contribution in [3.8, 4) is 0 Å². The van der Waals surface area contributed by atoms with E-state index in [0.29, 0.717) is 13.0 Å². The van der Waals surface area contributed by atoms with Crippen molar-refractivity contribution in [3.05, 3.63) is 12.2 Å². The van der Waals surface area contributed by atoms with Crippen LogP contribution >= 0.6 is 0 Å². The van der Waals surface area contributed by atoms with E-state index in [1.54, 1.807) is 0 Å². The van der Waals surface area contributed by atoms with E-state index in [1.807, 2.05) is 6.92 Å². The van der Waals surface area contributed by atoms with Gasteiger partial charge in [0.2, 0.25) is 0 Å². The largest absolute Gasteiger partial charge is 0.481 e. The van der Waals surface area contributed by atoms with Crippen LogP contribution in [0.15, 0.2) is 12.2 Å². The summed E-state index contributed by atoms with van der Waals surface area (Å²) in [7, 11) is 0. The molecule has 1 atom stereocenters. The smallest absolute Gasteiger partial charge is 0.309 e. The number of rotatable bonds is 28. The Kier molecular flexibility index (Phi) is 27.2. The Morgan fingerprint density at radius 3 is 1.44 bits per heavy atom. The van der Waals surface area contributed by atoms with Crippen LogP contribution in [-0.2, 0) is 14.3 Å². The van der Waals surface area contributed by atoms with Gasteiger partial charge in [-0.15, -0.1) is 0 Å². The topological polar surface area (TPSA) is 63.6 Å². The number of hydrogen-bond donors (Lipinski definition) is 1. The molecule has 0 aromatic rings. The third kappa shape index (κ3) is 25.8. The third-order valence-corrected chi connectivity index (χ3v) is 7.02. The number of aliphatic carboxylic acids is 1. The second-order valence-corrected chi connectivity index (χ2v) is 10.7. The van der Waals surface area contributed by atoms with E-state index in [4.69, 9.17) is 9.84 Å². The van der Waals surface area contributed by atoms with Crippen molar-refractivity contribution >= 4 is 11.9 Å². The lowest BCUT2D eigenvalue weighted by atomic mass is 9.97. The summed E-state index contributed by atoms with van der Waals surface area (Å²) < 4.78 is 5.15. The minimum Gasteiger partial charge on any atom is -0.481 e. The van der Waals surface area contributed by atoms with Crippen molar-refractivity contribution in [3.63, 3.8) is 0 Å². The first kappa shape index (κ1) is 34.7. The van der Waals surface area contributed by atoms with E-state index in [1.165, 1.54) is 122 Å². The standard InChI is InChI=1S/C32H60O4/c1-3-5-6-7-8-9-10-11-12-13-14-15-16-17-18-19-20-21-22-23-24-25-26-27-30(29-31(33)34)32(35)36-28-4-2/h12-13,30H,3-11,14-29H2,1-2H3,(H,33,34)/b13-12+. The van der Waals surface area contributed by atoms with Gasteiger partial charge in [-0.05, 0) is 38.5 Å². The number of carbonyl (C=O) groups excluding carboxylic acids is 1. The molecule has 0 aromatic heterocycles. The minimum absolute atomic E-state index is 0.113. The van der Waals surface area contributed by atoms with Gasteiger partial charge in [0.05, 0.1) is 18.9 Å². The molecular formula is C32H60O4. The van der Waals surface area contributed by atoms with E-state index in [2.05, 4.69) is 19.1 Å². The van der Waals surface area contributed by atoms with E-state index in [0.717, 1.165) is 19.3 Å². The van der Waals surface area contributed by atoms with Crippen molar-refractivity contribution in [1.82, 2.24) is 0 Å². The summed E-state index contributed by atoms with van der Waals surface area (Å²) in [6.07, 6.45) is 33.6. The molecule has 1 unspecified atom stereocenters. The van der Waals surface area contributed by atoms with Gasteiger partial charge in [0.1, 0.15) is 0 Å². The van der Waals surface area contributed by atoms with Gasteiger partial charge in [-0.2, -0.15) is 0 Å². The van der Waals surface area contributed by atoms with Gasteiger partial charge >= 0.3 is 11.9 Å². The fraction of sp³-hybridized carbons (Fsp3) is 0.875. The summed E-state index contributed by atoms with van der Waals surface area (Å²) in [6, 6.07) is 0. The molecular weight excluding hydrogens is 448 g/mol. The van der Waals surface area contributed by atoms with Crippen LogP contribution in [0.2, 0.25) is 0 Å². The van der Waals surface area contributed by atoms with Crippen molar-refractivity contribution in [2.24, 2.45) is 5.92 Å². The molecule has 0 rings (SSSR count). The monoisotopic (exact) mass is 508 g/mol. The Balaban J connectivity index is 3.39. The summed E-state index contributed by atoms with van der Waals surface area (Å²) >= 11 is 0. The van der Waals surface area contributed by atoms with Crippen LogP contribution in [0.25, 0.3) is 0 Å². The average molecular weight is 509 g/mol. The predicted molar refractivity (Wildman–Crippen MR) is 153 cm³/mol. The summed E-state index contributed by atoms with van der Waals surface area (Å²) in [5.41, 5.74) is 0. The second kappa shape index (κ2) is 28.3. The molecule has 0 saturated heterocycles. The molecule has 0 spiro atoms. The van der Waals surface area contributed by atoms with Gasteiger partial charge in [-0.25, -0.2) is 0 Å². The highest BCUT2D eigenvalue weighted by Crippen LogP contribution is 2.18. The quantitative estimate of drug-likeness (QED) is 0.0648. The number of carbonyl (C=O) groups is 2. The molecule has 0 heterocycles. The van der Waals surface area contributed by atoms with Crippen LogP contribution < -0.4 is 0 Å². The molecule has 4 nitrogen and oxygen atoms in total. The van der Waals surface area contributed by atoms with Crippen LogP contribution in [0.4, 0.5) is 0 Å². The van der Waals surface area contributed by atoms with Gasteiger partial charge in [-0.1, -0.05) is 135 Å². The first-order valence-electron chi connectivity index (χ1n) is 15.6. The van der Waals surface area contributed by atoms with Crippen molar-refractivity contribution in [1.29, 1.82) is 0 Å². The Morgan fingerprint density at radius 2 is 1.03 bits per heavy atom. The lowest BCUT2D eigenvalue weighted by Gasteiger charge is -2.13. The zero-order valence-corrected chi connectivity index (χ0v) is 24.1. The highest BCUT2D eigenvalue weighted by atomic mass is 16.5. The van der Waals surface area contributed by atoms with Gasteiger partial charge in [-0.3, -0.25) is 9.59 Å². The van der Waals surface area contributed by atoms with Crippen molar-refractivity contribution < 1.29 is 19.4 Å². The van der Waals surface area contributed by atoms with Crippen LogP contribution in [0.5, 0.6) is 0 Å². The molecule has 4 heteroatoms. The summed E-state index contributed by atoms with van der Waals surface area (Å²) in [4.78, 5) is 23.0. The highest BCUT2D eigenvalue weighted by molar-refractivity contribution is 5.79. The summed E-state index contributed by atoms with van der Waals surface area (Å²) in [5.74, 6) is -1.74. The zero-order chi connectivity index (χ0) is 26.5. The number of carboxylic acid groups (broad SMARTS) is 1. The zero-order valence-electron chi connectivity index (χ0n) is 24.1. The SMILES string of the molecule is CCCCCCCCC/C=C/CCCCCCCCCCCCCCC(CC(=O)O)C(=O)OCCC. The first-order chi connectivity index (χ1) is 17.6.